The van der Waals surface area contributed by atoms with Gasteiger partial charge in [0.15, 0.2) is 6.10 Å². The second-order valence-corrected chi connectivity index (χ2v) is 5.71. The molecular weight excluding hydrogens is 430 g/mol. The van der Waals surface area contributed by atoms with Crippen molar-refractivity contribution in [3.63, 3.8) is 0 Å². The van der Waals surface area contributed by atoms with Crippen molar-refractivity contribution < 1.29 is 51.6 Å². The van der Waals surface area contributed by atoms with E-state index >= 15 is 0 Å². The van der Waals surface area contributed by atoms with E-state index in [4.69, 9.17) is 14.2 Å². The SMILES string of the molecule is CCOC(=O)NCNC(=O)OCC(COCC(C)(F)F)OC(=O)NCNC(=O)OCC. The zero-order chi connectivity index (χ0) is 23.7. The van der Waals surface area contributed by atoms with Gasteiger partial charge in [-0.05, 0) is 13.8 Å². The summed E-state index contributed by atoms with van der Waals surface area (Å²) in [6.07, 6.45) is -4.80. The van der Waals surface area contributed by atoms with Crippen molar-refractivity contribution in [1.82, 2.24) is 21.3 Å². The van der Waals surface area contributed by atoms with Gasteiger partial charge in [0.1, 0.15) is 13.2 Å². The lowest BCUT2D eigenvalue weighted by molar-refractivity contribution is -0.0863. The van der Waals surface area contributed by atoms with Gasteiger partial charge in [-0.25, -0.2) is 28.0 Å². The van der Waals surface area contributed by atoms with Crippen LogP contribution < -0.4 is 21.3 Å². The molecule has 31 heavy (non-hydrogen) atoms. The summed E-state index contributed by atoms with van der Waals surface area (Å²) in [7, 11) is 0. The summed E-state index contributed by atoms with van der Waals surface area (Å²) in [5.74, 6) is -3.12. The van der Waals surface area contributed by atoms with Crippen LogP contribution in [0.2, 0.25) is 0 Å². The number of alkyl carbamates (subject to hydrolysis) is 4. The number of hydrogen-bond donors (Lipinski definition) is 4. The molecule has 0 aromatic carbocycles. The summed E-state index contributed by atoms with van der Waals surface area (Å²) in [6.45, 7) is 1.47. The van der Waals surface area contributed by atoms with Crippen molar-refractivity contribution in [1.29, 1.82) is 0 Å². The molecule has 0 spiro atoms. The Kier molecular flexibility index (Phi) is 14.1. The first-order valence-corrected chi connectivity index (χ1v) is 9.19. The molecule has 15 heteroatoms. The van der Waals surface area contributed by atoms with E-state index in [9.17, 15) is 28.0 Å². The molecule has 180 valence electrons. The first-order valence-electron chi connectivity index (χ1n) is 9.19. The van der Waals surface area contributed by atoms with Gasteiger partial charge in [0, 0.05) is 6.92 Å². The molecule has 0 aromatic heterocycles. The molecule has 0 aromatic rings. The summed E-state index contributed by atoms with van der Waals surface area (Å²) in [4.78, 5) is 45.6. The van der Waals surface area contributed by atoms with Crippen LogP contribution in [0.1, 0.15) is 20.8 Å². The van der Waals surface area contributed by atoms with Gasteiger partial charge in [-0.2, -0.15) is 0 Å². The van der Waals surface area contributed by atoms with Crippen LogP contribution in [0.25, 0.3) is 0 Å². The molecule has 4 N–H and O–H groups in total. The lowest BCUT2D eigenvalue weighted by atomic mass is 10.4. The number of hydrogen-bond acceptors (Lipinski definition) is 9. The summed E-state index contributed by atoms with van der Waals surface area (Å²) in [6, 6.07) is 0. The fourth-order valence-electron chi connectivity index (χ4n) is 1.64. The fraction of sp³-hybridized carbons (Fsp3) is 0.750. The average Bonchev–Trinajstić information content (AvgIpc) is 2.65. The third-order valence-corrected chi connectivity index (χ3v) is 2.82. The Morgan fingerprint density at radius 3 is 1.68 bits per heavy atom. The highest BCUT2D eigenvalue weighted by Gasteiger charge is 2.24. The monoisotopic (exact) mass is 458 g/mol. The maximum Gasteiger partial charge on any atom is 0.409 e. The molecule has 0 saturated carbocycles. The summed E-state index contributed by atoms with van der Waals surface area (Å²) in [5.41, 5.74) is 0. The predicted octanol–water partition coefficient (Wildman–Crippen LogP) is 0.886. The lowest BCUT2D eigenvalue weighted by Gasteiger charge is -2.20. The number of rotatable bonds is 13. The third-order valence-electron chi connectivity index (χ3n) is 2.82. The Bertz CT molecular complexity index is 576. The molecule has 1 atom stereocenters. The van der Waals surface area contributed by atoms with Gasteiger partial charge < -0.3 is 45.0 Å². The quantitative estimate of drug-likeness (QED) is 0.232. The van der Waals surface area contributed by atoms with E-state index in [0.717, 1.165) is 0 Å². The Hall–Kier alpha value is -3.10. The highest BCUT2D eigenvalue weighted by atomic mass is 19.3. The standard InChI is InChI=1S/C16H28F2N4O9/c1-4-28-12(23)19-9-21-14(25)30-7-11(6-27-8-16(3,17)18)31-15(26)22-10-20-13(24)29-5-2/h11H,4-10H2,1-3H3,(H,19,23)(H,20,24)(H,21,25)(H,22,26). The third kappa shape index (κ3) is 17.5. The Balaban J connectivity index is 4.44. The lowest BCUT2D eigenvalue weighted by Crippen LogP contribution is -2.42. The van der Waals surface area contributed by atoms with Crippen LogP contribution in [-0.2, 0) is 23.7 Å². The van der Waals surface area contributed by atoms with E-state index in [1.807, 2.05) is 0 Å². The van der Waals surface area contributed by atoms with Gasteiger partial charge in [-0.3, -0.25) is 0 Å². The molecule has 0 aliphatic heterocycles. The number of ether oxygens (including phenoxy) is 5. The fourth-order valence-corrected chi connectivity index (χ4v) is 1.64. The minimum absolute atomic E-state index is 0.131. The number of alkyl halides is 2. The van der Waals surface area contributed by atoms with Gasteiger partial charge in [0.25, 0.3) is 5.92 Å². The molecule has 0 heterocycles. The molecule has 0 radical (unpaired) electrons. The minimum atomic E-state index is -3.12. The molecule has 1 unspecified atom stereocenters. The molecule has 0 fully saturated rings. The zero-order valence-corrected chi connectivity index (χ0v) is 17.5. The van der Waals surface area contributed by atoms with Crippen LogP contribution in [-0.4, -0.2) is 82.8 Å². The van der Waals surface area contributed by atoms with Crippen LogP contribution in [0.15, 0.2) is 0 Å². The minimum Gasteiger partial charge on any atom is -0.450 e. The van der Waals surface area contributed by atoms with Crippen molar-refractivity contribution in [2.24, 2.45) is 0 Å². The van der Waals surface area contributed by atoms with Crippen molar-refractivity contribution in [3.8, 4) is 0 Å². The predicted molar refractivity (Wildman–Crippen MR) is 99.4 cm³/mol. The summed E-state index contributed by atoms with van der Waals surface area (Å²) >= 11 is 0. The van der Waals surface area contributed by atoms with Crippen molar-refractivity contribution in [3.05, 3.63) is 0 Å². The smallest absolute Gasteiger partial charge is 0.409 e. The van der Waals surface area contributed by atoms with Crippen LogP contribution >= 0.6 is 0 Å². The van der Waals surface area contributed by atoms with Crippen LogP contribution in [0, 0.1) is 0 Å². The highest BCUT2D eigenvalue weighted by Crippen LogP contribution is 2.11. The summed E-state index contributed by atoms with van der Waals surface area (Å²) < 4.78 is 49.4. The first kappa shape index (κ1) is 27.9. The molecule has 4 amide bonds. The van der Waals surface area contributed by atoms with Crippen molar-refractivity contribution in [2.75, 3.05) is 46.4 Å². The topological polar surface area (TPSA) is 163 Å². The van der Waals surface area contributed by atoms with Crippen molar-refractivity contribution >= 4 is 24.4 Å². The molecular formula is C16H28F2N4O9. The van der Waals surface area contributed by atoms with Gasteiger partial charge in [-0.15, -0.1) is 0 Å². The van der Waals surface area contributed by atoms with E-state index in [1.54, 1.807) is 13.8 Å². The number of nitrogens with one attached hydrogen (secondary N) is 4. The molecule has 13 nitrogen and oxygen atoms in total. The Morgan fingerprint density at radius 1 is 0.774 bits per heavy atom. The van der Waals surface area contributed by atoms with E-state index in [-0.39, 0.29) is 26.6 Å². The number of amides is 4. The van der Waals surface area contributed by atoms with E-state index < -0.39 is 56.2 Å². The van der Waals surface area contributed by atoms with Gasteiger partial charge >= 0.3 is 24.4 Å². The zero-order valence-electron chi connectivity index (χ0n) is 17.5. The maximum absolute atomic E-state index is 12.9. The molecule has 0 rings (SSSR count). The van der Waals surface area contributed by atoms with Crippen LogP contribution in [0.3, 0.4) is 0 Å². The summed E-state index contributed by atoms with van der Waals surface area (Å²) in [5, 5.41) is 8.73. The molecule has 0 aliphatic carbocycles. The second-order valence-electron chi connectivity index (χ2n) is 5.71. The largest absolute Gasteiger partial charge is 0.450 e. The second kappa shape index (κ2) is 15.7. The van der Waals surface area contributed by atoms with Gasteiger partial charge in [-0.1, -0.05) is 0 Å². The van der Waals surface area contributed by atoms with Gasteiger partial charge in [0.2, 0.25) is 0 Å². The number of carbonyl (C=O) groups excluding carboxylic acids is 4. The van der Waals surface area contributed by atoms with E-state index in [2.05, 4.69) is 30.7 Å². The normalized spacial score (nSPS) is 11.5. The van der Waals surface area contributed by atoms with Crippen LogP contribution in [0.4, 0.5) is 28.0 Å². The molecule has 0 bridgehead atoms. The van der Waals surface area contributed by atoms with Crippen LogP contribution in [0.5, 0.6) is 0 Å². The average molecular weight is 458 g/mol. The Labute approximate surface area is 177 Å². The highest BCUT2D eigenvalue weighted by molar-refractivity contribution is 5.71. The number of halogens is 2. The van der Waals surface area contributed by atoms with Gasteiger partial charge in [0.05, 0.1) is 33.2 Å². The van der Waals surface area contributed by atoms with Crippen molar-refractivity contribution in [2.45, 2.75) is 32.8 Å². The molecule has 0 aliphatic rings. The maximum atomic E-state index is 12.9. The Morgan fingerprint density at radius 2 is 1.23 bits per heavy atom. The first-order chi connectivity index (χ1) is 14.6. The van der Waals surface area contributed by atoms with E-state index in [0.29, 0.717) is 6.92 Å². The number of carbonyl (C=O) groups is 4. The molecule has 0 saturated heterocycles. The van der Waals surface area contributed by atoms with E-state index in [1.165, 1.54) is 0 Å².